The first-order chi connectivity index (χ1) is 17.9. The molecule has 1 aromatic heterocycles. The van der Waals surface area contributed by atoms with Gasteiger partial charge in [0, 0.05) is 11.6 Å². The fraction of sp³-hybridized carbons (Fsp3) is 0.259. The molecule has 0 bridgehead atoms. The lowest BCUT2D eigenvalue weighted by Gasteiger charge is -2.19. The number of nitrogens with zero attached hydrogens (tertiary/aromatic N) is 2. The maximum Gasteiger partial charge on any atom is 0.407 e. The van der Waals surface area contributed by atoms with Gasteiger partial charge in [-0.1, -0.05) is 48.0 Å². The van der Waals surface area contributed by atoms with Crippen LogP contribution in [0.3, 0.4) is 0 Å². The van der Waals surface area contributed by atoms with Crippen LogP contribution >= 0.6 is 11.6 Å². The van der Waals surface area contributed by atoms with Crippen LogP contribution in [0.2, 0.25) is 5.02 Å². The largest absolute Gasteiger partial charge is 0.496 e. The van der Waals surface area contributed by atoms with Gasteiger partial charge < -0.3 is 14.8 Å². The monoisotopic (exact) mass is 556 g/mol. The molecule has 0 aliphatic heterocycles. The van der Waals surface area contributed by atoms with Crippen molar-refractivity contribution in [1.82, 2.24) is 15.1 Å². The molecular formula is C27H29ClN4O5S. The first-order valence-electron chi connectivity index (χ1n) is 11.8. The highest BCUT2D eigenvalue weighted by Gasteiger charge is 2.22. The Kier molecular flexibility index (Phi) is 7.84. The number of alkyl carbamates (subject to hydrolysis) is 1. The van der Waals surface area contributed by atoms with Crippen molar-refractivity contribution in [2.24, 2.45) is 0 Å². The molecule has 1 heterocycles. The topological polar surface area (TPSA) is 112 Å². The molecule has 4 aromatic rings. The molecule has 3 aromatic carbocycles. The van der Waals surface area contributed by atoms with Crippen LogP contribution in [0.1, 0.15) is 31.9 Å². The Balaban J connectivity index is 1.62. The molecule has 200 valence electrons. The van der Waals surface area contributed by atoms with Gasteiger partial charge in [0.15, 0.2) is 5.82 Å². The molecule has 0 aliphatic rings. The maximum absolute atomic E-state index is 13.1. The molecular weight excluding hydrogens is 528 g/mol. The van der Waals surface area contributed by atoms with Crippen LogP contribution < -0.4 is 14.8 Å². The number of carbonyl (C=O) groups excluding carboxylic acids is 1. The van der Waals surface area contributed by atoms with Crippen LogP contribution in [0.15, 0.2) is 71.6 Å². The van der Waals surface area contributed by atoms with Crippen molar-refractivity contribution in [2.45, 2.75) is 44.4 Å². The smallest absolute Gasteiger partial charge is 0.407 e. The second-order valence-electron chi connectivity index (χ2n) is 9.60. The Morgan fingerprint density at radius 3 is 2.45 bits per heavy atom. The zero-order valence-corrected chi connectivity index (χ0v) is 23.1. The minimum absolute atomic E-state index is 0.0211. The van der Waals surface area contributed by atoms with Gasteiger partial charge in [-0.15, -0.1) is 0 Å². The summed E-state index contributed by atoms with van der Waals surface area (Å²) in [6.45, 7) is 6.06. The standard InChI is InChI=1S/C27H29ClN4O5S/c1-27(2,3)37-26(33)29-16-18-8-5-9-19(14-18)17-32-22-12-7-13-23(36-4)24(22)25(30-32)31-38(34,35)21-11-6-10-20(28)15-21/h5-15H,16-17H2,1-4H3,(H,29,33)(H,30,31). The van der Waals surface area contributed by atoms with E-state index in [0.29, 0.717) is 34.8 Å². The Bertz CT molecular complexity index is 1580. The fourth-order valence-corrected chi connectivity index (χ4v) is 5.19. The first-order valence-corrected chi connectivity index (χ1v) is 13.7. The summed E-state index contributed by atoms with van der Waals surface area (Å²) in [6.07, 6.45) is -0.496. The van der Waals surface area contributed by atoms with E-state index < -0.39 is 21.7 Å². The van der Waals surface area contributed by atoms with Crippen molar-refractivity contribution in [3.63, 3.8) is 0 Å². The number of aromatic nitrogens is 2. The zero-order valence-electron chi connectivity index (χ0n) is 21.5. The van der Waals surface area contributed by atoms with Gasteiger partial charge in [0.1, 0.15) is 11.4 Å². The average Bonchev–Trinajstić information content (AvgIpc) is 3.18. The quantitative estimate of drug-likeness (QED) is 0.293. The summed E-state index contributed by atoms with van der Waals surface area (Å²) in [5, 5.41) is 8.19. The SMILES string of the molecule is COc1cccc2c1c(NS(=O)(=O)c1cccc(Cl)c1)nn2Cc1cccc(CNC(=O)OC(C)(C)C)c1. The van der Waals surface area contributed by atoms with Crippen molar-refractivity contribution in [1.29, 1.82) is 0 Å². The molecule has 11 heteroatoms. The molecule has 4 rings (SSSR count). The minimum atomic E-state index is -3.97. The number of rotatable bonds is 8. The number of ether oxygens (including phenoxy) is 2. The van der Waals surface area contributed by atoms with Crippen molar-refractivity contribution in [2.75, 3.05) is 11.8 Å². The summed E-state index contributed by atoms with van der Waals surface area (Å²) < 4.78 is 41.3. The molecule has 0 saturated carbocycles. The number of sulfonamides is 1. The molecule has 38 heavy (non-hydrogen) atoms. The third-order valence-electron chi connectivity index (χ3n) is 5.46. The number of carbonyl (C=O) groups is 1. The summed E-state index contributed by atoms with van der Waals surface area (Å²) in [5.41, 5.74) is 1.89. The second kappa shape index (κ2) is 10.9. The number of fused-ring (bicyclic) bond motifs is 1. The first kappa shape index (κ1) is 27.3. The van der Waals surface area contributed by atoms with E-state index in [4.69, 9.17) is 21.1 Å². The highest BCUT2D eigenvalue weighted by Crippen LogP contribution is 2.34. The predicted octanol–water partition coefficient (Wildman–Crippen LogP) is 5.57. The van der Waals surface area contributed by atoms with Crippen LogP contribution in [-0.2, 0) is 27.8 Å². The number of hydrogen-bond acceptors (Lipinski definition) is 6. The van der Waals surface area contributed by atoms with Gasteiger partial charge in [-0.25, -0.2) is 13.2 Å². The fourth-order valence-electron chi connectivity index (χ4n) is 3.88. The van der Waals surface area contributed by atoms with E-state index in [1.54, 1.807) is 43.7 Å². The molecule has 0 radical (unpaired) electrons. The van der Waals surface area contributed by atoms with E-state index in [9.17, 15) is 13.2 Å². The predicted molar refractivity (Wildman–Crippen MR) is 147 cm³/mol. The number of amides is 1. The molecule has 9 nitrogen and oxygen atoms in total. The van der Waals surface area contributed by atoms with E-state index in [1.165, 1.54) is 19.2 Å². The van der Waals surface area contributed by atoms with E-state index >= 15 is 0 Å². The van der Waals surface area contributed by atoms with Crippen LogP contribution in [0.5, 0.6) is 5.75 Å². The minimum Gasteiger partial charge on any atom is -0.496 e. The van der Waals surface area contributed by atoms with Gasteiger partial charge in [0.25, 0.3) is 10.0 Å². The Labute approximate surface area is 226 Å². The Hall–Kier alpha value is -3.76. The third kappa shape index (κ3) is 6.56. The van der Waals surface area contributed by atoms with Crippen LogP contribution in [0, 0.1) is 0 Å². The summed E-state index contributed by atoms with van der Waals surface area (Å²) in [6, 6.07) is 19.1. The van der Waals surface area contributed by atoms with Gasteiger partial charge in [0.2, 0.25) is 0 Å². The van der Waals surface area contributed by atoms with Crippen molar-refractivity contribution >= 4 is 44.4 Å². The highest BCUT2D eigenvalue weighted by atomic mass is 35.5. The molecule has 0 unspecified atom stereocenters. The maximum atomic E-state index is 13.1. The van der Waals surface area contributed by atoms with Gasteiger partial charge >= 0.3 is 6.09 Å². The Morgan fingerprint density at radius 2 is 1.74 bits per heavy atom. The second-order valence-corrected chi connectivity index (χ2v) is 11.7. The van der Waals surface area contributed by atoms with Gasteiger partial charge in [-0.3, -0.25) is 9.40 Å². The summed E-state index contributed by atoms with van der Waals surface area (Å²) >= 11 is 6.01. The van der Waals surface area contributed by atoms with E-state index in [2.05, 4.69) is 15.1 Å². The lowest BCUT2D eigenvalue weighted by molar-refractivity contribution is 0.0523. The molecule has 2 N–H and O–H groups in total. The number of hydrogen-bond donors (Lipinski definition) is 2. The van der Waals surface area contributed by atoms with Gasteiger partial charge in [-0.2, -0.15) is 5.10 Å². The van der Waals surface area contributed by atoms with E-state index in [0.717, 1.165) is 11.1 Å². The number of methoxy groups -OCH3 is 1. The molecule has 0 fully saturated rings. The Morgan fingerprint density at radius 1 is 1.03 bits per heavy atom. The molecule has 0 saturated heterocycles. The molecule has 0 spiro atoms. The lowest BCUT2D eigenvalue weighted by Crippen LogP contribution is -2.32. The summed E-state index contributed by atoms with van der Waals surface area (Å²) in [5.74, 6) is 0.619. The van der Waals surface area contributed by atoms with Crippen LogP contribution in [0.4, 0.5) is 10.6 Å². The summed E-state index contributed by atoms with van der Waals surface area (Å²) in [4.78, 5) is 12.1. The van der Waals surface area contributed by atoms with E-state index in [1.807, 2.05) is 36.4 Å². The normalized spacial score (nSPS) is 11.8. The lowest BCUT2D eigenvalue weighted by atomic mass is 10.1. The molecule has 1 amide bonds. The molecule has 0 aliphatic carbocycles. The van der Waals surface area contributed by atoms with Crippen molar-refractivity contribution in [3.8, 4) is 5.75 Å². The van der Waals surface area contributed by atoms with Crippen LogP contribution in [0.25, 0.3) is 10.9 Å². The summed E-state index contributed by atoms with van der Waals surface area (Å²) in [7, 11) is -2.45. The number of anilines is 1. The van der Waals surface area contributed by atoms with Crippen molar-refractivity contribution < 1.29 is 22.7 Å². The van der Waals surface area contributed by atoms with E-state index in [-0.39, 0.29) is 10.7 Å². The van der Waals surface area contributed by atoms with Gasteiger partial charge in [-0.05, 0) is 62.2 Å². The molecule has 0 atom stereocenters. The van der Waals surface area contributed by atoms with Crippen molar-refractivity contribution in [3.05, 3.63) is 82.9 Å². The number of benzene rings is 3. The zero-order chi connectivity index (χ0) is 27.5. The average molecular weight is 557 g/mol. The van der Waals surface area contributed by atoms with Crippen LogP contribution in [-0.4, -0.2) is 37.0 Å². The number of halogens is 1. The van der Waals surface area contributed by atoms with Gasteiger partial charge in [0.05, 0.1) is 29.5 Å². The number of nitrogens with one attached hydrogen (secondary N) is 2. The third-order valence-corrected chi connectivity index (χ3v) is 7.03. The highest BCUT2D eigenvalue weighted by molar-refractivity contribution is 7.92.